The van der Waals surface area contributed by atoms with Crippen molar-refractivity contribution in [2.45, 2.75) is 50.0 Å². The van der Waals surface area contributed by atoms with E-state index in [2.05, 4.69) is 26.8 Å². The number of ether oxygens (including phenoxy) is 2. The van der Waals surface area contributed by atoms with Gasteiger partial charge in [0.25, 0.3) is 15.9 Å². The number of sulfonamides is 1. The van der Waals surface area contributed by atoms with Crippen molar-refractivity contribution in [1.82, 2.24) is 10.2 Å². The molecule has 2 aliphatic heterocycles. The van der Waals surface area contributed by atoms with E-state index in [0.717, 1.165) is 31.6 Å². The highest BCUT2D eigenvalue weighted by Crippen LogP contribution is 2.31. The number of methoxy groups -OCH3 is 1. The van der Waals surface area contributed by atoms with Crippen LogP contribution in [0.5, 0.6) is 5.75 Å². The van der Waals surface area contributed by atoms with Gasteiger partial charge in [0.2, 0.25) is 0 Å². The number of carbonyl (C=O) groups is 1. The van der Waals surface area contributed by atoms with Crippen molar-refractivity contribution >= 4 is 27.3 Å². The number of hydrogen-bond acceptors (Lipinski definition) is 7. The maximum atomic E-state index is 13.2. The van der Waals surface area contributed by atoms with Crippen LogP contribution in [0.2, 0.25) is 0 Å². The maximum absolute atomic E-state index is 13.2. The monoisotopic (exact) mass is 544 g/mol. The molecular formula is C28H40N4O5S. The summed E-state index contributed by atoms with van der Waals surface area (Å²) in [7, 11) is -2.35. The van der Waals surface area contributed by atoms with Gasteiger partial charge in [-0.3, -0.25) is 9.52 Å². The van der Waals surface area contributed by atoms with Gasteiger partial charge in [-0.15, -0.1) is 0 Å². The number of piperidine rings is 1. The predicted molar refractivity (Wildman–Crippen MR) is 150 cm³/mol. The van der Waals surface area contributed by atoms with Crippen LogP contribution in [0.4, 0.5) is 11.4 Å². The van der Waals surface area contributed by atoms with Crippen LogP contribution in [-0.4, -0.2) is 78.3 Å². The second-order valence-electron chi connectivity index (χ2n) is 9.82. The molecule has 208 valence electrons. The Hall–Kier alpha value is -2.82. The molecule has 2 aromatic rings. The number of amides is 1. The van der Waals surface area contributed by atoms with Gasteiger partial charge in [-0.2, -0.15) is 0 Å². The van der Waals surface area contributed by atoms with E-state index in [0.29, 0.717) is 55.9 Å². The number of nitrogens with one attached hydrogen (secondary N) is 2. The zero-order valence-corrected chi connectivity index (χ0v) is 23.3. The molecule has 1 amide bonds. The summed E-state index contributed by atoms with van der Waals surface area (Å²) in [5, 5.41) is 3.01. The summed E-state index contributed by atoms with van der Waals surface area (Å²) >= 11 is 0. The highest BCUT2D eigenvalue weighted by molar-refractivity contribution is 7.92. The highest BCUT2D eigenvalue weighted by atomic mass is 32.2. The SMILES string of the molecule is CC[C@@H]1CCCCN1CCCNC(=O)c1ccc(N2CCOCC2)c(NS(=O)(=O)c2ccc(OC)cc2)c1. The summed E-state index contributed by atoms with van der Waals surface area (Å²) in [4.78, 5) is 17.7. The van der Waals surface area contributed by atoms with Crippen molar-refractivity contribution in [2.24, 2.45) is 0 Å². The lowest BCUT2D eigenvalue weighted by Gasteiger charge is -2.35. The lowest BCUT2D eigenvalue weighted by Crippen LogP contribution is -2.40. The van der Waals surface area contributed by atoms with E-state index in [1.807, 2.05) is 6.07 Å². The third kappa shape index (κ3) is 7.18. The zero-order valence-electron chi connectivity index (χ0n) is 22.4. The van der Waals surface area contributed by atoms with Crippen molar-refractivity contribution in [3.63, 3.8) is 0 Å². The Morgan fingerprint density at radius 1 is 1.08 bits per heavy atom. The van der Waals surface area contributed by atoms with Crippen LogP contribution in [0, 0.1) is 0 Å². The molecule has 2 heterocycles. The Balaban J connectivity index is 1.46. The van der Waals surface area contributed by atoms with Crippen LogP contribution in [0.3, 0.4) is 0 Å². The van der Waals surface area contributed by atoms with Crippen LogP contribution in [0.15, 0.2) is 47.4 Å². The highest BCUT2D eigenvalue weighted by Gasteiger charge is 2.23. The molecule has 2 N–H and O–H groups in total. The molecular weight excluding hydrogens is 504 g/mol. The molecule has 2 aromatic carbocycles. The van der Waals surface area contributed by atoms with Crippen LogP contribution in [0.1, 0.15) is 49.4 Å². The second kappa shape index (κ2) is 13.3. The molecule has 2 saturated heterocycles. The molecule has 38 heavy (non-hydrogen) atoms. The Bertz CT molecular complexity index is 1170. The first-order valence-electron chi connectivity index (χ1n) is 13.6. The number of rotatable bonds is 11. The lowest BCUT2D eigenvalue weighted by atomic mass is 10.00. The number of benzene rings is 2. The standard InChI is InChI=1S/C28H40N4O5S/c1-3-23-7-4-5-15-31(23)16-6-14-29-28(33)22-8-13-27(32-17-19-37-20-18-32)26(21-22)30-38(34,35)25-11-9-24(36-2)10-12-25/h8-13,21,23,30H,3-7,14-20H2,1-2H3,(H,29,33)/t23-/m1/s1. The Labute approximate surface area is 226 Å². The van der Waals surface area contributed by atoms with Crippen molar-refractivity contribution < 1.29 is 22.7 Å². The van der Waals surface area contributed by atoms with Gasteiger partial charge in [0.15, 0.2) is 0 Å². The van der Waals surface area contributed by atoms with Crippen LogP contribution >= 0.6 is 0 Å². The molecule has 0 unspecified atom stereocenters. The van der Waals surface area contributed by atoms with Crippen molar-refractivity contribution in [1.29, 1.82) is 0 Å². The van der Waals surface area contributed by atoms with Crippen molar-refractivity contribution in [3.05, 3.63) is 48.0 Å². The van der Waals surface area contributed by atoms with Gasteiger partial charge in [-0.25, -0.2) is 8.42 Å². The molecule has 0 spiro atoms. The molecule has 2 fully saturated rings. The molecule has 0 saturated carbocycles. The molecule has 0 aromatic heterocycles. The normalized spacial score (nSPS) is 18.7. The summed E-state index contributed by atoms with van der Waals surface area (Å²) in [6.07, 6.45) is 5.85. The zero-order chi connectivity index (χ0) is 27.0. The van der Waals surface area contributed by atoms with E-state index in [4.69, 9.17) is 9.47 Å². The quantitative estimate of drug-likeness (QED) is 0.416. The molecule has 0 radical (unpaired) electrons. The number of nitrogens with zero attached hydrogens (tertiary/aromatic N) is 2. The van der Waals surface area contributed by atoms with Gasteiger partial charge < -0.3 is 24.6 Å². The minimum Gasteiger partial charge on any atom is -0.497 e. The first-order valence-corrected chi connectivity index (χ1v) is 15.1. The summed E-state index contributed by atoms with van der Waals surface area (Å²) < 4.78 is 39.8. The smallest absolute Gasteiger partial charge is 0.261 e. The summed E-state index contributed by atoms with van der Waals surface area (Å²) in [6, 6.07) is 12.0. The van der Waals surface area contributed by atoms with Gasteiger partial charge in [0, 0.05) is 37.8 Å². The van der Waals surface area contributed by atoms with Crippen molar-refractivity contribution in [3.8, 4) is 5.75 Å². The Kier molecular flexibility index (Phi) is 9.87. The van der Waals surface area contributed by atoms with E-state index < -0.39 is 10.0 Å². The summed E-state index contributed by atoms with van der Waals surface area (Å²) in [5.41, 5.74) is 1.51. The molecule has 0 bridgehead atoms. The topological polar surface area (TPSA) is 100 Å². The summed E-state index contributed by atoms with van der Waals surface area (Å²) in [6.45, 7) is 7.31. The van der Waals surface area contributed by atoms with E-state index in [1.165, 1.54) is 38.5 Å². The maximum Gasteiger partial charge on any atom is 0.261 e. The van der Waals surface area contributed by atoms with Gasteiger partial charge in [0.1, 0.15) is 5.75 Å². The van der Waals surface area contributed by atoms with Gasteiger partial charge in [-0.1, -0.05) is 13.3 Å². The van der Waals surface area contributed by atoms with E-state index in [-0.39, 0.29) is 10.8 Å². The molecule has 0 aliphatic carbocycles. The second-order valence-corrected chi connectivity index (χ2v) is 11.5. The Morgan fingerprint density at radius 2 is 1.84 bits per heavy atom. The average Bonchev–Trinajstić information content (AvgIpc) is 2.95. The first kappa shape index (κ1) is 28.2. The van der Waals surface area contributed by atoms with E-state index in [1.54, 1.807) is 24.3 Å². The number of carbonyl (C=O) groups excluding carboxylic acids is 1. The number of likely N-dealkylation sites (tertiary alicyclic amines) is 1. The van der Waals surface area contributed by atoms with Crippen molar-refractivity contribution in [2.75, 3.05) is 62.7 Å². The van der Waals surface area contributed by atoms with Gasteiger partial charge in [0.05, 0.1) is 36.6 Å². The van der Waals surface area contributed by atoms with Crippen LogP contribution in [-0.2, 0) is 14.8 Å². The fourth-order valence-electron chi connectivity index (χ4n) is 5.20. The number of anilines is 2. The lowest BCUT2D eigenvalue weighted by molar-refractivity contribution is 0.0947. The fraction of sp³-hybridized carbons (Fsp3) is 0.536. The molecule has 1 atom stereocenters. The fourth-order valence-corrected chi connectivity index (χ4v) is 6.27. The Morgan fingerprint density at radius 3 is 2.55 bits per heavy atom. The molecule has 9 nitrogen and oxygen atoms in total. The van der Waals surface area contributed by atoms with E-state index in [9.17, 15) is 13.2 Å². The average molecular weight is 545 g/mol. The molecule has 2 aliphatic rings. The van der Waals surface area contributed by atoms with Gasteiger partial charge in [-0.05, 0) is 74.7 Å². The van der Waals surface area contributed by atoms with Gasteiger partial charge >= 0.3 is 0 Å². The largest absolute Gasteiger partial charge is 0.497 e. The minimum atomic E-state index is -3.88. The summed E-state index contributed by atoms with van der Waals surface area (Å²) in [5.74, 6) is 0.358. The third-order valence-corrected chi connectivity index (χ3v) is 8.73. The number of hydrogen-bond donors (Lipinski definition) is 2. The predicted octanol–water partition coefficient (Wildman–Crippen LogP) is 3.72. The minimum absolute atomic E-state index is 0.115. The van der Waals surface area contributed by atoms with Crippen LogP contribution in [0.25, 0.3) is 0 Å². The van der Waals surface area contributed by atoms with E-state index >= 15 is 0 Å². The molecule has 4 rings (SSSR count). The van der Waals surface area contributed by atoms with Crippen LogP contribution < -0.4 is 19.7 Å². The molecule has 10 heteroatoms. The number of morpholine rings is 1. The first-order chi connectivity index (χ1) is 18.4. The third-order valence-electron chi connectivity index (χ3n) is 7.35.